The number of nitrogens with two attached hydrogens (primary N) is 2. The molecule has 0 aromatic carbocycles. The van der Waals surface area contributed by atoms with Gasteiger partial charge in [0.2, 0.25) is 23.6 Å². The van der Waals surface area contributed by atoms with Crippen molar-refractivity contribution in [3.63, 3.8) is 0 Å². The fraction of sp³-hybridized carbons (Fsp3) is 0.625. The molecule has 9 N–H and O–H groups in total. The summed E-state index contributed by atoms with van der Waals surface area (Å²) in [6, 6.07) is -3.86. The van der Waals surface area contributed by atoms with Crippen molar-refractivity contribution in [2.75, 3.05) is 6.54 Å². The van der Waals surface area contributed by atoms with E-state index in [1.165, 1.54) is 0 Å². The SMILES string of the molecule is CC(C)[C@H](NC(=O)[C@H](CCC(N)=O)NC(=O)CNC(=O)[C@@H](N)CC(=O)O)C(=O)O. The Balaban J connectivity index is 4.95. The molecule has 164 valence electrons. The molecular weight excluding hydrogens is 390 g/mol. The third-order valence-corrected chi connectivity index (χ3v) is 3.72. The van der Waals surface area contributed by atoms with E-state index in [2.05, 4.69) is 16.0 Å². The lowest BCUT2D eigenvalue weighted by atomic mass is 10.0. The minimum Gasteiger partial charge on any atom is -0.481 e. The number of hydrogen-bond donors (Lipinski definition) is 7. The van der Waals surface area contributed by atoms with Crippen molar-refractivity contribution >= 4 is 35.6 Å². The fourth-order valence-electron chi connectivity index (χ4n) is 2.15. The van der Waals surface area contributed by atoms with Crippen LogP contribution in [0.2, 0.25) is 0 Å². The molecule has 0 aliphatic rings. The van der Waals surface area contributed by atoms with Gasteiger partial charge in [-0.15, -0.1) is 0 Å². The van der Waals surface area contributed by atoms with Crippen molar-refractivity contribution in [1.29, 1.82) is 0 Å². The number of rotatable bonds is 13. The van der Waals surface area contributed by atoms with E-state index in [0.717, 1.165) is 0 Å². The summed E-state index contributed by atoms with van der Waals surface area (Å²) >= 11 is 0. The molecule has 0 saturated carbocycles. The third-order valence-electron chi connectivity index (χ3n) is 3.72. The minimum absolute atomic E-state index is 0.191. The molecule has 0 heterocycles. The molecule has 0 aliphatic heterocycles. The number of carbonyl (C=O) groups is 6. The van der Waals surface area contributed by atoms with E-state index in [4.69, 9.17) is 21.7 Å². The van der Waals surface area contributed by atoms with Gasteiger partial charge in [0, 0.05) is 6.42 Å². The van der Waals surface area contributed by atoms with Crippen LogP contribution in [0.3, 0.4) is 0 Å². The summed E-state index contributed by atoms with van der Waals surface area (Å²) in [6.07, 6.45) is -1.08. The van der Waals surface area contributed by atoms with Crippen molar-refractivity contribution in [2.45, 2.75) is 51.2 Å². The number of primary amides is 1. The first-order valence-electron chi connectivity index (χ1n) is 8.71. The molecule has 29 heavy (non-hydrogen) atoms. The Kier molecular flexibility index (Phi) is 10.9. The van der Waals surface area contributed by atoms with Gasteiger partial charge in [-0.1, -0.05) is 13.8 Å². The van der Waals surface area contributed by atoms with E-state index in [1.807, 2.05) is 0 Å². The van der Waals surface area contributed by atoms with Crippen molar-refractivity contribution in [1.82, 2.24) is 16.0 Å². The van der Waals surface area contributed by atoms with Crippen LogP contribution in [0, 0.1) is 5.92 Å². The van der Waals surface area contributed by atoms with E-state index in [0.29, 0.717) is 0 Å². The number of aliphatic carboxylic acids is 2. The molecule has 0 radical (unpaired) electrons. The normalized spacial score (nSPS) is 13.7. The quantitative estimate of drug-likeness (QED) is 0.160. The molecule has 0 rings (SSSR count). The van der Waals surface area contributed by atoms with Gasteiger partial charge in [0.15, 0.2) is 0 Å². The summed E-state index contributed by atoms with van der Waals surface area (Å²) < 4.78 is 0. The molecule has 4 amide bonds. The maximum Gasteiger partial charge on any atom is 0.326 e. The van der Waals surface area contributed by atoms with Gasteiger partial charge < -0.3 is 37.6 Å². The topological polar surface area (TPSA) is 231 Å². The van der Waals surface area contributed by atoms with Gasteiger partial charge in [0.25, 0.3) is 0 Å². The Bertz CT molecular complexity index is 651. The highest BCUT2D eigenvalue weighted by molar-refractivity contribution is 5.93. The summed E-state index contributed by atoms with van der Waals surface area (Å²) in [6.45, 7) is 2.54. The molecule has 0 aromatic heterocycles. The number of carbonyl (C=O) groups excluding carboxylic acids is 4. The van der Waals surface area contributed by atoms with Gasteiger partial charge in [0.05, 0.1) is 19.0 Å². The minimum atomic E-state index is -1.36. The van der Waals surface area contributed by atoms with E-state index in [1.54, 1.807) is 13.8 Å². The number of nitrogens with one attached hydrogen (secondary N) is 3. The third kappa shape index (κ3) is 10.6. The maximum absolute atomic E-state index is 12.4. The Morgan fingerprint density at radius 1 is 0.966 bits per heavy atom. The van der Waals surface area contributed by atoms with Crippen LogP contribution in [-0.4, -0.2) is 70.5 Å². The highest BCUT2D eigenvalue weighted by Gasteiger charge is 2.29. The van der Waals surface area contributed by atoms with Crippen LogP contribution in [0.5, 0.6) is 0 Å². The van der Waals surface area contributed by atoms with Crippen LogP contribution in [-0.2, 0) is 28.8 Å². The van der Waals surface area contributed by atoms with Crippen molar-refractivity contribution in [3.05, 3.63) is 0 Å². The smallest absolute Gasteiger partial charge is 0.326 e. The van der Waals surface area contributed by atoms with Gasteiger partial charge in [-0.05, 0) is 12.3 Å². The van der Waals surface area contributed by atoms with Crippen LogP contribution < -0.4 is 27.4 Å². The Morgan fingerprint density at radius 2 is 1.55 bits per heavy atom. The van der Waals surface area contributed by atoms with E-state index >= 15 is 0 Å². The lowest BCUT2D eigenvalue weighted by Gasteiger charge is -2.23. The molecule has 0 spiro atoms. The number of hydrogen-bond acceptors (Lipinski definition) is 7. The lowest BCUT2D eigenvalue weighted by Crippen LogP contribution is -2.55. The van der Waals surface area contributed by atoms with Crippen LogP contribution in [0.4, 0.5) is 0 Å². The van der Waals surface area contributed by atoms with Crippen molar-refractivity contribution in [2.24, 2.45) is 17.4 Å². The van der Waals surface area contributed by atoms with Crippen LogP contribution >= 0.6 is 0 Å². The molecule has 0 aromatic rings. The highest BCUT2D eigenvalue weighted by Crippen LogP contribution is 2.04. The summed E-state index contributed by atoms with van der Waals surface area (Å²) in [5, 5.41) is 24.4. The Morgan fingerprint density at radius 3 is 2.00 bits per heavy atom. The standard InChI is InChI=1S/C16H27N5O8/c1-7(2)13(16(28)29)21-15(27)9(3-4-10(18)22)20-11(23)6-19-14(26)8(17)5-12(24)25/h7-9,13H,3-6,17H2,1-2H3,(H2,18,22)(H,19,26)(H,20,23)(H,21,27)(H,24,25)(H,28,29)/t8-,9-,13-/m0/s1. The Hall–Kier alpha value is -3.22. The first-order chi connectivity index (χ1) is 13.3. The predicted molar refractivity (Wildman–Crippen MR) is 98.0 cm³/mol. The summed E-state index contributed by atoms with van der Waals surface area (Å²) in [5.74, 6) is -6.29. The second-order valence-electron chi connectivity index (χ2n) is 6.62. The first-order valence-corrected chi connectivity index (χ1v) is 8.71. The van der Waals surface area contributed by atoms with Gasteiger partial charge in [-0.2, -0.15) is 0 Å². The van der Waals surface area contributed by atoms with E-state index < -0.39 is 72.6 Å². The van der Waals surface area contributed by atoms with Crippen molar-refractivity contribution in [3.8, 4) is 0 Å². The molecular formula is C16H27N5O8. The average Bonchev–Trinajstić information content (AvgIpc) is 2.59. The molecule has 0 saturated heterocycles. The van der Waals surface area contributed by atoms with E-state index in [-0.39, 0.29) is 12.8 Å². The number of carboxylic acid groups (broad SMARTS) is 2. The van der Waals surface area contributed by atoms with Crippen molar-refractivity contribution < 1.29 is 39.0 Å². The Labute approximate surface area is 166 Å². The van der Waals surface area contributed by atoms with Gasteiger partial charge in [-0.3, -0.25) is 24.0 Å². The highest BCUT2D eigenvalue weighted by atomic mass is 16.4. The zero-order valence-corrected chi connectivity index (χ0v) is 16.1. The molecule has 0 bridgehead atoms. The summed E-state index contributed by atoms with van der Waals surface area (Å²) in [4.78, 5) is 68.7. The van der Waals surface area contributed by atoms with Gasteiger partial charge >= 0.3 is 11.9 Å². The predicted octanol–water partition coefficient (Wildman–Crippen LogP) is -3.12. The van der Waals surface area contributed by atoms with Gasteiger partial charge in [0.1, 0.15) is 12.1 Å². The molecule has 0 unspecified atom stereocenters. The zero-order valence-electron chi connectivity index (χ0n) is 16.1. The second-order valence-corrected chi connectivity index (χ2v) is 6.62. The number of carboxylic acids is 2. The summed E-state index contributed by atoms with van der Waals surface area (Å²) in [7, 11) is 0. The molecule has 13 heteroatoms. The average molecular weight is 417 g/mol. The van der Waals surface area contributed by atoms with Crippen LogP contribution in [0.25, 0.3) is 0 Å². The fourth-order valence-corrected chi connectivity index (χ4v) is 2.15. The summed E-state index contributed by atoms with van der Waals surface area (Å²) in [5.41, 5.74) is 10.4. The maximum atomic E-state index is 12.4. The zero-order chi connectivity index (χ0) is 22.7. The monoisotopic (exact) mass is 417 g/mol. The first kappa shape index (κ1) is 25.8. The second kappa shape index (κ2) is 12.3. The van der Waals surface area contributed by atoms with Crippen LogP contribution in [0.15, 0.2) is 0 Å². The molecule has 0 fully saturated rings. The largest absolute Gasteiger partial charge is 0.481 e. The van der Waals surface area contributed by atoms with Gasteiger partial charge in [-0.25, -0.2) is 4.79 Å². The molecule has 0 aliphatic carbocycles. The lowest BCUT2D eigenvalue weighted by molar-refractivity contribution is -0.143. The van der Waals surface area contributed by atoms with Crippen LogP contribution in [0.1, 0.15) is 33.1 Å². The molecule has 3 atom stereocenters. The van der Waals surface area contributed by atoms with E-state index in [9.17, 15) is 28.8 Å². The molecule has 13 nitrogen and oxygen atoms in total. The number of amides is 4.